The topological polar surface area (TPSA) is 42.2 Å². The lowest BCUT2D eigenvalue weighted by Crippen LogP contribution is -2.47. The molecule has 1 aromatic carbocycles. The molecule has 0 saturated heterocycles. The maximum atomic E-state index is 4.37. The lowest BCUT2D eigenvalue weighted by Gasteiger charge is -2.34. The minimum atomic E-state index is 0.165. The number of aromatic nitrogens is 2. The van der Waals surface area contributed by atoms with Crippen molar-refractivity contribution in [2.75, 3.05) is 6.54 Å². The van der Waals surface area contributed by atoms with Crippen molar-refractivity contribution in [3.63, 3.8) is 0 Å². The predicted octanol–water partition coefficient (Wildman–Crippen LogP) is 1.95. The molecule has 0 amide bonds. The summed E-state index contributed by atoms with van der Waals surface area (Å²) in [5, 5.41) is 7.73. The molecule has 1 unspecified atom stereocenters. The van der Waals surface area contributed by atoms with Crippen LogP contribution in [0.5, 0.6) is 0 Å². The van der Waals surface area contributed by atoms with Crippen LogP contribution in [0, 0.1) is 0 Å². The van der Waals surface area contributed by atoms with E-state index in [-0.39, 0.29) is 5.54 Å². The number of hydrogen-bond acceptors (Lipinski definition) is 3. The highest BCUT2D eigenvalue weighted by molar-refractivity contribution is 5.63. The molecule has 1 aliphatic carbocycles. The number of fused-ring (bicyclic) bond motifs is 1. The van der Waals surface area contributed by atoms with E-state index in [9.17, 15) is 0 Å². The highest BCUT2D eigenvalue weighted by Gasteiger charge is 2.35. The highest BCUT2D eigenvalue weighted by atomic mass is 15.3. The van der Waals surface area contributed by atoms with Gasteiger partial charge in [-0.05, 0) is 42.5 Å². The zero-order chi connectivity index (χ0) is 13.6. The molecule has 0 fully saturated rings. The number of nitrogens with one attached hydrogen (secondary N) is 1. The molecule has 2 aliphatic rings. The van der Waals surface area contributed by atoms with Gasteiger partial charge in [0.05, 0.1) is 24.1 Å². The number of nitrogens with zero attached hydrogens (tertiary/aromatic N) is 3. The molecule has 4 nitrogen and oxygen atoms in total. The van der Waals surface area contributed by atoms with Crippen LogP contribution >= 0.6 is 0 Å². The fourth-order valence-corrected chi connectivity index (χ4v) is 3.38. The molecule has 1 aromatic heterocycles. The first-order valence-corrected chi connectivity index (χ1v) is 7.12. The third-order valence-electron chi connectivity index (χ3n) is 4.58. The van der Waals surface area contributed by atoms with Crippen molar-refractivity contribution in [1.82, 2.24) is 15.1 Å². The SMILES string of the molecule is Cn1nccc1-c1ccc2c(c1)CC1(CC2)CN=CN1. The predicted molar refractivity (Wildman–Crippen MR) is 79.9 cm³/mol. The number of benzene rings is 1. The second-order valence-electron chi connectivity index (χ2n) is 5.89. The van der Waals surface area contributed by atoms with Crippen molar-refractivity contribution in [1.29, 1.82) is 0 Å². The number of rotatable bonds is 1. The van der Waals surface area contributed by atoms with Gasteiger partial charge in [-0.1, -0.05) is 12.1 Å². The fraction of sp³-hybridized carbons (Fsp3) is 0.375. The summed E-state index contributed by atoms with van der Waals surface area (Å²) >= 11 is 0. The number of aliphatic imine (C=N–C) groups is 1. The van der Waals surface area contributed by atoms with Gasteiger partial charge in [-0.3, -0.25) is 9.67 Å². The van der Waals surface area contributed by atoms with E-state index in [4.69, 9.17) is 0 Å². The van der Waals surface area contributed by atoms with Gasteiger partial charge >= 0.3 is 0 Å². The Balaban J connectivity index is 1.72. The van der Waals surface area contributed by atoms with Gasteiger partial charge < -0.3 is 5.32 Å². The van der Waals surface area contributed by atoms with Crippen molar-refractivity contribution < 1.29 is 0 Å². The van der Waals surface area contributed by atoms with Gasteiger partial charge in [0.25, 0.3) is 0 Å². The van der Waals surface area contributed by atoms with Crippen LogP contribution in [0.15, 0.2) is 35.5 Å². The van der Waals surface area contributed by atoms with Crippen molar-refractivity contribution in [3.8, 4) is 11.3 Å². The molecule has 4 heteroatoms. The zero-order valence-electron chi connectivity index (χ0n) is 11.6. The van der Waals surface area contributed by atoms with Gasteiger partial charge in [0.15, 0.2) is 0 Å². The van der Waals surface area contributed by atoms with E-state index in [0.29, 0.717) is 0 Å². The molecule has 1 N–H and O–H groups in total. The van der Waals surface area contributed by atoms with Gasteiger partial charge in [-0.25, -0.2) is 0 Å². The summed E-state index contributed by atoms with van der Waals surface area (Å²) in [4.78, 5) is 4.37. The fourth-order valence-electron chi connectivity index (χ4n) is 3.38. The van der Waals surface area contributed by atoms with Crippen molar-refractivity contribution >= 4 is 6.34 Å². The summed E-state index contributed by atoms with van der Waals surface area (Å²) in [5.41, 5.74) is 5.52. The largest absolute Gasteiger partial charge is 0.369 e. The molecule has 0 bridgehead atoms. The van der Waals surface area contributed by atoms with Crippen LogP contribution in [-0.2, 0) is 19.9 Å². The van der Waals surface area contributed by atoms with Gasteiger partial charge in [-0.15, -0.1) is 0 Å². The Morgan fingerprint density at radius 2 is 2.20 bits per heavy atom. The van der Waals surface area contributed by atoms with Crippen LogP contribution in [0.1, 0.15) is 17.5 Å². The third-order valence-corrected chi connectivity index (χ3v) is 4.58. The molecular weight excluding hydrogens is 248 g/mol. The monoisotopic (exact) mass is 266 g/mol. The molecule has 0 radical (unpaired) electrons. The summed E-state index contributed by atoms with van der Waals surface area (Å²) in [6, 6.07) is 8.89. The molecule has 0 saturated carbocycles. The smallest absolute Gasteiger partial charge is 0.0829 e. The van der Waals surface area contributed by atoms with Crippen LogP contribution in [0.3, 0.4) is 0 Å². The van der Waals surface area contributed by atoms with E-state index >= 15 is 0 Å². The molecule has 1 aliphatic heterocycles. The Kier molecular flexibility index (Phi) is 2.46. The summed E-state index contributed by atoms with van der Waals surface area (Å²) in [5.74, 6) is 0. The standard InChI is InChI=1S/C16H18N4/c1-20-15(5-7-19-20)13-3-2-12-4-6-16(9-14(12)8-13)10-17-11-18-16/h2-3,5,7-8,11H,4,6,9-10H2,1H3,(H,17,18). The van der Waals surface area contributed by atoms with E-state index < -0.39 is 0 Å². The van der Waals surface area contributed by atoms with Crippen molar-refractivity contribution in [3.05, 3.63) is 41.6 Å². The first kappa shape index (κ1) is 11.7. The maximum Gasteiger partial charge on any atom is 0.0829 e. The van der Waals surface area contributed by atoms with Crippen molar-refractivity contribution in [2.45, 2.75) is 24.8 Å². The van der Waals surface area contributed by atoms with Gasteiger partial charge in [0, 0.05) is 18.8 Å². The normalized spacial score (nSPS) is 23.9. The van der Waals surface area contributed by atoms with Crippen LogP contribution < -0.4 is 5.32 Å². The molecule has 1 atom stereocenters. The lowest BCUT2D eigenvalue weighted by molar-refractivity contribution is 0.363. The Bertz CT molecular complexity index is 676. The summed E-state index contributed by atoms with van der Waals surface area (Å²) in [6.45, 7) is 0.905. The van der Waals surface area contributed by atoms with Gasteiger partial charge in [0.2, 0.25) is 0 Å². The minimum Gasteiger partial charge on any atom is -0.369 e. The Hall–Kier alpha value is -2.10. The molecular formula is C16H18N4. The minimum absolute atomic E-state index is 0.165. The van der Waals surface area contributed by atoms with E-state index in [1.165, 1.54) is 28.8 Å². The lowest BCUT2D eigenvalue weighted by atomic mass is 9.78. The van der Waals surface area contributed by atoms with E-state index in [1.54, 1.807) is 0 Å². The summed E-state index contributed by atoms with van der Waals surface area (Å²) < 4.78 is 1.93. The molecule has 4 rings (SSSR count). The Morgan fingerprint density at radius 1 is 1.25 bits per heavy atom. The summed E-state index contributed by atoms with van der Waals surface area (Å²) in [6.07, 6.45) is 7.09. The molecule has 20 heavy (non-hydrogen) atoms. The molecule has 102 valence electrons. The number of aryl methyl sites for hydroxylation is 2. The third kappa shape index (κ3) is 1.75. The first-order valence-electron chi connectivity index (χ1n) is 7.12. The average molecular weight is 266 g/mol. The van der Waals surface area contributed by atoms with Crippen LogP contribution in [0.25, 0.3) is 11.3 Å². The number of hydrogen-bond donors (Lipinski definition) is 1. The average Bonchev–Trinajstić information content (AvgIpc) is 3.08. The van der Waals surface area contributed by atoms with Gasteiger partial charge in [-0.2, -0.15) is 5.10 Å². The highest BCUT2D eigenvalue weighted by Crippen LogP contribution is 2.33. The Morgan fingerprint density at radius 3 is 2.95 bits per heavy atom. The second-order valence-corrected chi connectivity index (χ2v) is 5.89. The quantitative estimate of drug-likeness (QED) is 0.857. The maximum absolute atomic E-state index is 4.37. The first-order chi connectivity index (χ1) is 9.76. The van der Waals surface area contributed by atoms with Gasteiger partial charge in [0.1, 0.15) is 0 Å². The Labute approximate surface area is 118 Å². The second kappa shape index (κ2) is 4.20. The zero-order valence-corrected chi connectivity index (χ0v) is 11.6. The molecule has 2 aromatic rings. The van der Waals surface area contributed by atoms with Crippen molar-refractivity contribution in [2.24, 2.45) is 12.0 Å². The molecule has 1 spiro atoms. The van der Waals surface area contributed by atoms with Crippen LogP contribution in [0.4, 0.5) is 0 Å². The molecule has 2 heterocycles. The van der Waals surface area contributed by atoms with E-state index in [1.807, 2.05) is 24.3 Å². The van der Waals surface area contributed by atoms with Crippen LogP contribution in [-0.4, -0.2) is 28.2 Å². The van der Waals surface area contributed by atoms with Crippen LogP contribution in [0.2, 0.25) is 0 Å². The summed E-state index contributed by atoms with van der Waals surface area (Å²) in [7, 11) is 1.99. The van der Waals surface area contributed by atoms with E-state index in [2.05, 4.69) is 39.7 Å². The van der Waals surface area contributed by atoms with E-state index in [0.717, 1.165) is 19.4 Å².